The third-order valence-corrected chi connectivity index (χ3v) is 6.86. The molecule has 0 fully saturated rings. The second kappa shape index (κ2) is 10.4. The number of aliphatic imine (C=N–C) groups is 1. The minimum Gasteiger partial charge on any atom is -0.496 e. The molecule has 1 heterocycles. The molecule has 4 aromatic rings. The van der Waals surface area contributed by atoms with Crippen molar-refractivity contribution in [1.82, 2.24) is 10.2 Å². The number of rotatable bonds is 7. The number of aromatic nitrogens is 2. The summed E-state index contributed by atoms with van der Waals surface area (Å²) < 4.78 is 51.0. The summed E-state index contributed by atoms with van der Waals surface area (Å²) in [5.74, 6) is -0.107. The molecular weight excluding hydrogens is 495 g/mol. The summed E-state index contributed by atoms with van der Waals surface area (Å²) in [7, 11) is 1.19. The van der Waals surface area contributed by atoms with Crippen LogP contribution < -0.4 is 4.74 Å². The number of benzene rings is 3. The van der Waals surface area contributed by atoms with Crippen molar-refractivity contribution in [3.8, 4) is 28.7 Å². The van der Waals surface area contributed by atoms with Gasteiger partial charge in [0.05, 0.1) is 25.8 Å². The standard InChI is InChI=1S/C29H26F3N3O3/c1-37-25-10-9-22(14-24(25)29(30,31)32)27-35-34-26(38-27)21-8-7-20-11-12-28(18-36,15-23(20)13-21)17-33-16-19-5-3-2-4-6-19/h2-10,13-14,17,36H,11-12,15-16,18H2,1H3/t28-/m1/s1. The van der Waals surface area contributed by atoms with Crippen LogP contribution in [-0.4, -0.2) is 35.2 Å². The van der Waals surface area contributed by atoms with E-state index in [1.54, 1.807) is 0 Å². The number of aryl methyl sites for hydroxylation is 1. The van der Waals surface area contributed by atoms with Gasteiger partial charge in [-0.25, -0.2) is 0 Å². The van der Waals surface area contributed by atoms with Gasteiger partial charge in [-0.2, -0.15) is 13.2 Å². The summed E-state index contributed by atoms with van der Waals surface area (Å²) in [6.45, 7) is 0.514. The Morgan fingerprint density at radius 1 is 1.00 bits per heavy atom. The molecule has 1 N–H and O–H groups in total. The molecule has 196 valence electrons. The largest absolute Gasteiger partial charge is 0.496 e. The van der Waals surface area contributed by atoms with Crippen LogP contribution in [0.5, 0.6) is 5.75 Å². The zero-order valence-corrected chi connectivity index (χ0v) is 20.7. The van der Waals surface area contributed by atoms with Crippen molar-refractivity contribution >= 4 is 6.21 Å². The molecule has 0 bridgehead atoms. The van der Waals surface area contributed by atoms with Gasteiger partial charge in [-0.05, 0) is 66.3 Å². The fourth-order valence-corrected chi connectivity index (χ4v) is 4.75. The topological polar surface area (TPSA) is 80.7 Å². The van der Waals surface area contributed by atoms with E-state index in [1.807, 2.05) is 54.7 Å². The minimum absolute atomic E-state index is 0.0244. The van der Waals surface area contributed by atoms with Crippen molar-refractivity contribution in [3.05, 3.63) is 89.0 Å². The minimum atomic E-state index is -4.59. The molecule has 1 aromatic heterocycles. The molecule has 1 aliphatic carbocycles. The van der Waals surface area contributed by atoms with Crippen LogP contribution in [0.25, 0.3) is 22.9 Å². The summed E-state index contributed by atoms with van der Waals surface area (Å²) in [4.78, 5) is 4.62. The van der Waals surface area contributed by atoms with E-state index in [0.717, 1.165) is 30.0 Å². The number of aliphatic hydroxyl groups is 1. The van der Waals surface area contributed by atoms with E-state index in [4.69, 9.17) is 9.15 Å². The van der Waals surface area contributed by atoms with Crippen LogP contribution >= 0.6 is 0 Å². The van der Waals surface area contributed by atoms with Crippen LogP contribution in [0, 0.1) is 5.41 Å². The van der Waals surface area contributed by atoms with E-state index in [0.29, 0.717) is 18.5 Å². The molecule has 0 amide bonds. The van der Waals surface area contributed by atoms with Crippen LogP contribution in [0.4, 0.5) is 13.2 Å². The van der Waals surface area contributed by atoms with E-state index in [2.05, 4.69) is 15.2 Å². The molecule has 6 nitrogen and oxygen atoms in total. The average Bonchev–Trinajstić information content (AvgIpc) is 3.43. The van der Waals surface area contributed by atoms with Crippen molar-refractivity contribution < 1.29 is 27.4 Å². The smallest absolute Gasteiger partial charge is 0.419 e. The molecule has 5 rings (SSSR count). The summed E-state index contributed by atoms with van der Waals surface area (Å²) in [5, 5.41) is 18.3. The van der Waals surface area contributed by atoms with Gasteiger partial charge in [0.1, 0.15) is 5.75 Å². The van der Waals surface area contributed by atoms with E-state index in [9.17, 15) is 18.3 Å². The van der Waals surface area contributed by atoms with Gasteiger partial charge in [-0.15, -0.1) is 10.2 Å². The van der Waals surface area contributed by atoms with Gasteiger partial charge in [0.2, 0.25) is 11.8 Å². The van der Waals surface area contributed by atoms with Gasteiger partial charge >= 0.3 is 6.18 Å². The number of aliphatic hydroxyl groups excluding tert-OH is 1. The molecular formula is C29H26F3N3O3. The maximum Gasteiger partial charge on any atom is 0.419 e. The number of halogens is 3. The van der Waals surface area contributed by atoms with Crippen LogP contribution in [-0.2, 0) is 25.6 Å². The Bertz CT molecular complexity index is 1450. The quantitative estimate of drug-likeness (QED) is 0.294. The molecule has 3 aromatic carbocycles. The number of fused-ring (bicyclic) bond motifs is 1. The number of ether oxygens (including phenoxy) is 1. The fourth-order valence-electron chi connectivity index (χ4n) is 4.75. The molecule has 0 aliphatic heterocycles. The highest BCUT2D eigenvalue weighted by molar-refractivity contribution is 5.69. The Hall–Kier alpha value is -3.98. The van der Waals surface area contributed by atoms with Crippen LogP contribution in [0.2, 0.25) is 0 Å². The van der Waals surface area contributed by atoms with Gasteiger partial charge in [0.15, 0.2) is 0 Å². The van der Waals surface area contributed by atoms with E-state index < -0.39 is 17.2 Å². The lowest BCUT2D eigenvalue weighted by atomic mass is 9.72. The first kappa shape index (κ1) is 25.7. The maximum atomic E-state index is 13.4. The first-order chi connectivity index (χ1) is 18.3. The van der Waals surface area contributed by atoms with Crippen LogP contribution in [0.1, 0.15) is 28.7 Å². The molecule has 0 unspecified atom stereocenters. The Morgan fingerprint density at radius 2 is 1.71 bits per heavy atom. The molecule has 0 saturated carbocycles. The number of methoxy groups -OCH3 is 1. The zero-order chi connectivity index (χ0) is 26.8. The van der Waals surface area contributed by atoms with Crippen LogP contribution in [0.3, 0.4) is 0 Å². The predicted molar refractivity (Wildman–Crippen MR) is 137 cm³/mol. The SMILES string of the molecule is COc1ccc(-c2nnc(-c3ccc4c(c3)C[C@](C=NCc3ccccc3)(CO)CC4)o2)cc1C(F)(F)F. The lowest BCUT2D eigenvalue weighted by Gasteiger charge is -2.33. The first-order valence-electron chi connectivity index (χ1n) is 12.2. The Labute approximate surface area is 217 Å². The van der Waals surface area contributed by atoms with Crippen molar-refractivity contribution in [2.24, 2.45) is 10.4 Å². The monoisotopic (exact) mass is 521 g/mol. The highest BCUT2D eigenvalue weighted by atomic mass is 19.4. The third kappa shape index (κ3) is 5.33. The third-order valence-electron chi connectivity index (χ3n) is 6.86. The molecule has 38 heavy (non-hydrogen) atoms. The van der Waals surface area contributed by atoms with Crippen molar-refractivity contribution in [2.75, 3.05) is 13.7 Å². The van der Waals surface area contributed by atoms with E-state index in [-0.39, 0.29) is 29.7 Å². The fraction of sp³-hybridized carbons (Fsp3) is 0.276. The molecule has 0 saturated heterocycles. The van der Waals surface area contributed by atoms with Crippen molar-refractivity contribution in [1.29, 1.82) is 0 Å². The lowest BCUT2D eigenvalue weighted by Crippen LogP contribution is -2.34. The number of nitrogens with zero attached hydrogens (tertiary/aromatic N) is 3. The average molecular weight is 522 g/mol. The van der Waals surface area contributed by atoms with Crippen LogP contribution in [0.15, 0.2) is 76.1 Å². The lowest BCUT2D eigenvalue weighted by molar-refractivity contribution is -0.138. The Morgan fingerprint density at radius 3 is 2.39 bits per heavy atom. The zero-order valence-electron chi connectivity index (χ0n) is 20.7. The van der Waals surface area contributed by atoms with Gasteiger partial charge in [-0.1, -0.05) is 36.4 Å². The highest BCUT2D eigenvalue weighted by Crippen LogP contribution is 2.39. The van der Waals surface area contributed by atoms with Gasteiger partial charge in [-0.3, -0.25) is 4.99 Å². The second-order valence-corrected chi connectivity index (χ2v) is 9.46. The van der Waals surface area contributed by atoms with E-state index in [1.165, 1.54) is 24.8 Å². The first-order valence-corrected chi connectivity index (χ1v) is 12.2. The highest BCUT2D eigenvalue weighted by Gasteiger charge is 2.35. The predicted octanol–water partition coefficient (Wildman–Crippen LogP) is 6.17. The molecule has 9 heteroatoms. The maximum absolute atomic E-state index is 13.4. The molecule has 0 radical (unpaired) electrons. The number of alkyl halides is 3. The van der Waals surface area contributed by atoms with Gasteiger partial charge in [0.25, 0.3) is 0 Å². The summed E-state index contributed by atoms with van der Waals surface area (Å²) >= 11 is 0. The van der Waals surface area contributed by atoms with Gasteiger partial charge in [0, 0.05) is 22.8 Å². The second-order valence-electron chi connectivity index (χ2n) is 9.46. The molecule has 1 atom stereocenters. The van der Waals surface area contributed by atoms with Crippen molar-refractivity contribution in [2.45, 2.75) is 32.0 Å². The van der Waals surface area contributed by atoms with E-state index >= 15 is 0 Å². The van der Waals surface area contributed by atoms with Crippen molar-refractivity contribution in [3.63, 3.8) is 0 Å². The summed E-state index contributed by atoms with van der Waals surface area (Å²) in [6.07, 6.45) is -0.555. The molecule has 0 spiro atoms. The Balaban J connectivity index is 1.38. The summed E-state index contributed by atoms with van der Waals surface area (Å²) in [6, 6.07) is 19.3. The Kier molecular flexibility index (Phi) is 7.03. The number of hydrogen-bond acceptors (Lipinski definition) is 6. The number of hydrogen-bond donors (Lipinski definition) is 1. The molecule has 1 aliphatic rings. The summed E-state index contributed by atoms with van der Waals surface area (Å²) in [5.41, 5.74) is 2.71. The normalized spacial score (nSPS) is 17.5. The van der Waals surface area contributed by atoms with Gasteiger partial charge < -0.3 is 14.3 Å².